The third kappa shape index (κ3) is 7.34. The van der Waals surface area contributed by atoms with Crippen molar-refractivity contribution in [2.45, 2.75) is 30.9 Å². The van der Waals surface area contributed by atoms with Gasteiger partial charge in [-0.05, 0) is 66.1 Å². The zero-order valence-electron chi connectivity index (χ0n) is 24.3. The Hall–Kier alpha value is -3.66. The van der Waals surface area contributed by atoms with Crippen LogP contribution in [0.2, 0.25) is 0 Å². The van der Waals surface area contributed by atoms with Crippen molar-refractivity contribution in [1.29, 1.82) is 0 Å². The van der Waals surface area contributed by atoms with E-state index in [0.29, 0.717) is 44.1 Å². The number of amides is 1. The average molecular weight is 722 g/mol. The molecule has 0 saturated heterocycles. The zero-order valence-corrected chi connectivity index (χ0v) is 27.5. The van der Waals surface area contributed by atoms with E-state index in [1.54, 1.807) is 7.11 Å². The van der Waals surface area contributed by atoms with Crippen molar-refractivity contribution in [3.63, 3.8) is 0 Å². The molecule has 1 aliphatic heterocycles. The second-order valence-corrected chi connectivity index (χ2v) is 12.2. The maximum Gasteiger partial charge on any atom is 0.252 e. The smallest absolute Gasteiger partial charge is 0.252 e. The number of carbonyl (C=O) groups excluding carboxylic acids is 1. The summed E-state index contributed by atoms with van der Waals surface area (Å²) in [6, 6.07) is 30.9. The number of nitrogens with zero attached hydrogens (tertiary/aromatic N) is 1. The number of rotatable bonds is 13. The first-order chi connectivity index (χ1) is 21.4. The van der Waals surface area contributed by atoms with Gasteiger partial charge in [-0.3, -0.25) is 4.79 Å². The molecule has 44 heavy (non-hydrogen) atoms. The standard InChI is InChI=1S/C35H34Br2N2O5/c1-42-31-10-5-2-7-25(31)19-20-38-34(41)35(23-24-11-15-27(36)16-12-24)32(29-8-3-4-9-30(29)37)44-33(39-35)26-13-17-28(18-14-26)43-22-6-21-40/h2-5,7-18,32,40H,6,19-23H2,1H3,(H,38,41)/t32-,35-/m1/s1. The number of carbonyl (C=O) groups is 1. The van der Waals surface area contributed by atoms with Crippen LogP contribution in [0.5, 0.6) is 11.5 Å². The first-order valence-corrected chi connectivity index (χ1v) is 16.0. The van der Waals surface area contributed by atoms with Crippen LogP contribution >= 0.6 is 31.9 Å². The normalized spacial score (nSPS) is 17.5. The van der Waals surface area contributed by atoms with Crippen LogP contribution in [0, 0.1) is 0 Å². The highest BCUT2D eigenvalue weighted by Gasteiger charge is 2.53. The summed E-state index contributed by atoms with van der Waals surface area (Å²) in [6.07, 6.45) is 0.761. The third-order valence-corrected chi connectivity index (χ3v) is 8.73. The Morgan fingerprint density at radius 1 is 0.977 bits per heavy atom. The first-order valence-electron chi connectivity index (χ1n) is 14.4. The summed E-state index contributed by atoms with van der Waals surface area (Å²) >= 11 is 7.22. The SMILES string of the molecule is COc1ccccc1CCNC(=O)[C@]1(Cc2ccc(Br)cc2)N=C(c2ccc(OCCCO)cc2)O[C@@H]1c1ccccc1Br. The molecule has 4 aromatic rings. The molecule has 0 bridgehead atoms. The van der Waals surface area contributed by atoms with Gasteiger partial charge in [-0.25, -0.2) is 4.99 Å². The molecule has 9 heteroatoms. The maximum atomic E-state index is 14.5. The van der Waals surface area contributed by atoms with Gasteiger partial charge in [0.15, 0.2) is 11.6 Å². The van der Waals surface area contributed by atoms with Crippen molar-refractivity contribution < 1.29 is 24.1 Å². The van der Waals surface area contributed by atoms with E-state index in [-0.39, 0.29) is 12.5 Å². The molecule has 1 amide bonds. The zero-order chi connectivity index (χ0) is 30.9. The molecule has 5 rings (SSSR count). The molecule has 4 aromatic carbocycles. The molecule has 228 valence electrons. The fourth-order valence-corrected chi connectivity index (χ4v) is 5.99. The lowest BCUT2D eigenvalue weighted by atomic mass is 9.82. The van der Waals surface area contributed by atoms with Gasteiger partial charge in [0.1, 0.15) is 11.5 Å². The Morgan fingerprint density at radius 3 is 2.43 bits per heavy atom. The molecule has 0 aromatic heterocycles. The lowest BCUT2D eigenvalue weighted by Crippen LogP contribution is -2.50. The van der Waals surface area contributed by atoms with Crippen LogP contribution in [-0.2, 0) is 22.4 Å². The number of benzene rings is 4. The van der Waals surface area contributed by atoms with Crippen LogP contribution in [0.3, 0.4) is 0 Å². The fourth-order valence-electron chi connectivity index (χ4n) is 5.23. The van der Waals surface area contributed by atoms with E-state index in [0.717, 1.165) is 36.9 Å². The molecule has 0 radical (unpaired) electrons. The summed E-state index contributed by atoms with van der Waals surface area (Å²) in [6.45, 7) is 0.887. The van der Waals surface area contributed by atoms with Crippen LogP contribution in [0.4, 0.5) is 0 Å². The number of aliphatic hydroxyl groups is 1. The van der Waals surface area contributed by atoms with Crippen molar-refractivity contribution in [3.05, 3.63) is 128 Å². The lowest BCUT2D eigenvalue weighted by Gasteiger charge is -2.31. The summed E-state index contributed by atoms with van der Waals surface area (Å²) in [5.74, 6) is 1.61. The molecule has 0 aliphatic carbocycles. The largest absolute Gasteiger partial charge is 0.496 e. The van der Waals surface area contributed by atoms with Gasteiger partial charge in [-0.1, -0.05) is 80.4 Å². The van der Waals surface area contributed by atoms with Crippen molar-refractivity contribution in [2.24, 2.45) is 4.99 Å². The number of ether oxygens (including phenoxy) is 3. The monoisotopic (exact) mass is 720 g/mol. The first kappa shape index (κ1) is 31.8. The quantitative estimate of drug-likeness (QED) is 0.148. The van der Waals surface area contributed by atoms with Crippen molar-refractivity contribution in [1.82, 2.24) is 5.32 Å². The highest BCUT2D eigenvalue weighted by atomic mass is 79.9. The van der Waals surface area contributed by atoms with E-state index in [1.165, 1.54) is 0 Å². The van der Waals surface area contributed by atoms with Gasteiger partial charge in [0.25, 0.3) is 5.91 Å². The number of hydrogen-bond acceptors (Lipinski definition) is 6. The average Bonchev–Trinajstić information content (AvgIpc) is 3.43. The maximum absolute atomic E-state index is 14.5. The van der Waals surface area contributed by atoms with Crippen molar-refractivity contribution in [2.75, 3.05) is 26.9 Å². The second-order valence-electron chi connectivity index (χ2n) is 10.4. The van der Waals surface area contributed by atoms with E-state index >= 15 is 0 Å². The minimum Gasteiger partial charge on any atom is -0.496 e. The van der Waals surface area contributed by atoms with E-state index in [4.69, 9.17) is 24.3 Å². The van der Waals surface area contributed by atoms with Crippen LogP contribution in [-0.4, -0.2) is 49.3 Å². The molecular weight excluding hydrogens is 688 g/mol. The summed E-state index contributed by atoms with van der Waals surface area (Å²) in [5, 5.41) is 12.2. The molecule has 2 N–H and O–H groups in total. The summed E-state index contributed by atoms with van der Waals surface area (Å²) in [4.78, 5) is 19.6. The van der Waals surface area contributed by atoms with E-state index in [2.05, 4.69) is 37.2 Å². The summed E-state index contributed by atoms with van der Waals surface area (Å²) in [7, 11) is 1.65. The molecule has 1 aliphatic rings. The highest BCUT2D eigenvalue weighted by molar-refractivity contribution is 9.10. The highest BCUT2D eigenvalue weighted by Crippen LogP contribution is 2.44. The van der Waals surface area contributed by atoms with Gasteiger partial charge in [0.2, 0.25) is 5.90 Å². The molecule has 0 fully saturated rings. The molecule has 1 heterocycles. The summed E-state index contributed by atoms with van der Waals surface area (Å²) < 4.78 is 19.6. The van der Waals surface area contributed by atoms with Gasteiger partial charge in [-0.15, -0.1) is 0 Å². The Labute approximate surface area is 274 Å². The number of hydrogen-bond donors (Lipinski definition) is 2. The second kappa shape index (κ2) is 14.9. The van der Waals surface area contributed by atoms with Crippen LogP contribution < -0.4 is 14.8 Å². The van der Waals surface area contributed by atoms with Crippen molar-refractivity contribution in [3.8, 4) is 11.5 Å². The topological polar surface area (TPSA) is 89.4 Å². The minimum atomic E-state index is -1.30. The molecule has 7 nitrogen and oxygen atoms in total. The van der Waals surface area contributed by atoms with Gasteiger partial charge < -0.3 is 24.6 Å². The number of para-hydroxylation sites is 1. The Bertz CT molecular complexity index is 1590. The fraction of sp³-hybridized carbons (Fsp3) is 0.257. The van der Waals surface area contributed by atoms with Crippen molar-refractivity contribution >= 4 is 43.7 Å². The molecular formula is C35H34Br2N2O5. The van der Waals surface area contributed by atoms with Gasteiger partial charge in [0.05, 0.1) is 13.7 Å². The summed E-state index contributed by atoms with van der Waals surface area (Å²) in [5.41, 5.74) is 2.21. The Morgan fingerprint density at radius 2 is 1.70 bits per heavy atom. The Balaban J connectivity index is 1.52. The van der Waals surface area contributed by atoms with E-state index in [9.17, 15) is 4.79 Å². The van der Waals surface area contributed by atoms with Gasteiger partial charge >= 0.3 is 0 Å². The van der Waals surface area contributed by atoms with E-state index < -0.39 is 11.6 Å². The number of aliphatic hydroxyl groups excluding tert-OH is 1. The molecule has 0 unspecified atom stereocenters. The molecule has 0 spiro atoms. The van der Waals surface area contributed by atoms with Crippen LogP contribution in [0.1, 0.15) is 34.8 Å². The minimum absolute atomic E-state index is 0.0700. The van der Waals surface area contributed by atoms with Crippen LogP contribution in [0.15, 0.2) is 111 Å². The Kier molecular flexibility index (Phi) is 10.7. The molecule has 2 atom stereocenters. The predicted molar refractivity (Wildman–Crippen MR) is 178 cm³/mol. The number of aliphatic imine (C=N–C) groups is 1. The predicted octanol–water partition coefficient (Wildman–Crippen LogP) is 6.84. The van der Waals surface area contributed by atoms with E-state index in [1.807, 2.05) is 97.1 Å². The third-order valence-electron chi connectivity index (χ3n) is 7.48. The lowest BCUT2D eigenvalue weighted by molar-refractivity contribution is -0.128. The molecule has 0 saturated carbocycles. The number of nitrogens with one attached hydrogen (secondary N) is 1. The number of halogens is 2. The number of methoxy groups -OCH3 is 1. The van der Waals surface area contributed by atoms with Gasteiger partial charge in [-0.2, -0.15) is 0 Å². The van der Waals surface area contributed by atoms with Gasteiger partial charge in [0, 0.05) is 46.1 Å². The van der Waals surface area contributed by atoms with Crippen LogP contribution in [0.25, 0.3) is 0 Å².